The molecular formula is C20H14N2O. The van der Waals surface area contributed by atoms with Gasteiger partial charge in [-0.2, -0.15) is 0 Å². The van der Waals surface area contributed by atoms with Crippen LogP contribution in [0.5, 0.6) is 5.75 Å². The molecule has 0 fully saturated rings. The molecule has 3 aromatic carbocycles. The van der Waals surface area contributed by atoms with Crippen LogP contribution >= 0.6 is 0 Å². The van der Waals surface area contributed by atoms with Crippen molar-refractivity contribution in [3.05, 3.63) is 84.9 Å². The lowest BCUT2D eigenvalue weighted by Gasteiger charge is -2.13. The summed E-state index contributed by atoms with van der Waals surface area (Å²) in [6.45, 7) is 0. The third-order valence-electron chi connectivity index (χ3n) is 3.83. The molecular weight excluding hydrogens is 284 g/mol. The molecule has 3 nitrogen and oxygen atoms in total. The molecule has 0 aliphatic rings. The summed E-state index contributed by atoms with van der Waals surface area (Å²) in [4.78, 5) is 0. The van der Waals surface area contributed by atoms with E-state index in [0.717, 1.165) is 11.3 Å². The molecule has 0 aliphatic heterocycles. The lowest BCUT2D eigenvalue weighted by atomic mass is 10.1. The van der Waals surface area contributed by atoms with Gasteiger partial charge in [-0.25, -0.2) is 0 Å². The average Bonchev–Trinajstić information content (AvgIpc) is 2.63. The normalized spacial score (nSPS) is 10.8. The molecule has 0 atom stereocenters. The highest BCUT2D eigenvalue weighted by molar-refractivity contribution is 5.88. The van der Waals surface area contributed by atoms with Gasteiger partial charge >= 0.3 is 0 Å². The molecule has 1 heterocycles. The number of nitrogens with zero attached hydrogens (tertiary/aromatic N) is 2. The molecule has 3 heteroatoms. The van der Waals surface area contributed by atoms with Gasteiger partial charge < -0.3 is 5.11 Å². The average molecular weight is 298 g/mol. The number of benzene rings is 3. The summed E-state index contributed by atoms with van der Waals surface area (Å²) < 4.78 is 1.74. The van der Waals surface area contributed by atoms with Crippen molar-refractivity contribution in [2.45, 2.75) is 0 Å². The Hall–Kier alpha value is -3.20. The predicted octanol–water partition coefficient (Wildman–Crippen LogP) is 3.25. The first-order valence-corrected chi connectivity index (χ1v) is 7.47. The van der Waals surface area contributed by atoms with Crippen molar-refractivity contribution >= 4 is 10.9 Å². The van der Waals surface area contributed by atoms with Crippen molar-refractivity contribution in [3.63, 3.8) is 0 Å². The Morgan fingerprint density at radius 2 is 1.30 bits per heavy atom. The van der Waals surface area contributed by atoms with E-state index in [-0.39, 0.29) is 5.75 Å². The van der Waals surface area contributed by atoms with E-state index in [1.165, 1.54) is 0 Å². The minimum Gasteiger partial charge on any atom is -0.867 e. The Bertz CT molecular complexity index is 967. The smallest absolute Gasteiger partial charge is 0.238 e. The second kappa shape index (κ2) is 5.54. The van der Waals surface area contributed by atoms with Crippen molar-refractivity contribution in [2.75, 3.05) is 0 Å². The molecule has 0 unspecified atom stereocenters. The molecule has 0 aliphatic carbocycles. The molecule has 0 spiro atoms. The van der Waals surface area contributed by atoms with Gasteiger partial charge in [0.15, 0.2) is 0 Å². The lowest BCUT2D eigenvalue weighted by Crippen LogP contribution is -2.38. The number of para-hydroxylation sites is 1. The van der Waals surface area contributed by atoms with E-state index in [4.69, 9.17) is 5.10 Å². The van der Waals surface area contributed by atoms with Crippen molar-refractivity contribution in [1.82, 2.24) is 5.10 Å². The third kappa shape index (κ3) is 2.32. The molecule has 0 amide bonds. The topological polar surface area (TPSA) is 39.8 Å². The molecule has 0 N–H and O–H groups in total. The number of aromatic nitrogens is 2. The highest BCUT2D eigenvalue weighted by Gasteiger charge is 2.21. The molecule has 4 aromatic rings. The summed E-state index contributed by atoms with van der Waals surface area (Å²) in [5, 5.41) is 18.4. The SMILES string of the molecule is [O-]c1c(-c2ccccc2)[n+](-c2ccccc2)nc2ccccc12. The van der Waals surface area contributed by atoms with Crippen molar-refractivity contribution in [3.8, 4) is 22.7 Å². The van der Waals surface area contributed by atoms with Gasteiger partial charge in [0.1, 0.15) is 5.52 Å². The van der Waals surface area contributed by atoms with E-state index in [0.29, 0.717) is 16.6 Å². The Kier molecular flexibility index (Phi) is 3.24. The Morgan fingerprint density at radius 1 is 0.696 bits per heavy atom. The zero-order valence-corrected chi connectivity index (χ0v) is 12.4. The maximum Gasteiger partial charge on any atom is 0.238 e. The minimum absolute atomic E-state index is 0.00865. The summed E-state index contributed by atoms with van der Waals surface area (Å²) in [6.07, 6.45) is 0. The largest absolute Gasteiger partial charge is 0.867 e. The van der Waals surface area contributed by atoms with Gasteiger partial charge in [0, 0.05) is 28.2 Å². The van der Waals surface area contributed by atoms with Crippen LogP contribution in [-0.4, -0.2) is 5.10 Å². The van der Waals surface area contributed by atoms with Gasteiger partial charge in [0.25, 0.3) is 0 Å². The Labute approximate surface area is 134 Å². The van der Waals surface area contributed by atoms with Crippen LogP contribution in [0.4, 0.5) is 0 Å². The first-order chi connectivity index (χ1) is 11.3. The van der Waals surface area contributed by atoms with Gasteiger partial charge in [-0.1, -0.05) is 54.6 Å². The lowest BCUT2D eigenvalue weighted by molar-refractivity contribution is -0.648. The van der Waals surface area contributed by atoms with Crippen LogP contribution in [0.25, 0.3) is 27.8 Å². The molecule has 0 radical (unpaired) electrons. The Balaban J connectivity index is 2.11. The second-order valence-corrected chi connectivity index (χ2v) is 5.31. The maximum absolute atomic E-state index is 13.1. The quantitative estimate of drug-likeness (QED) is 0.533. The monoisotopic (exact) mass is 298 g/mol. The standard InChI is InChI=1S/C20H14N2O/c23-20-17-13-7-8-14-18(17)21-22(16-11-5-2-6-12-16)19(20)15-9-3-1-4-10-15/h1-14H. The minimum atomic E-state index is -0.00865. The van der Waals surface area contributed by atoms with E-state index in [1.54, 1.807) is 4.68 Å². The van der Waals surface area contributed by atoms with E-state index in [2.05, 4.69) is 0 Å². The van der Waals surface area contributed by atoms with Gasteiger partial charge in [-0.05, 0) is 28.6 Å². The van der Waals surface area contributed by atoms with Crippen LogP contribution < -0.4 is 9.79 Å². The number of rotatable bonds is 2. The molecule has 0 saturated heterocycles. The highest BCUT2D eigenvalue weighted by Crippen LogP contribution is 2.30. The number of fused-ring (bicyclic) bond motifs is 1. The Morgan fingerprint density at radius 3 is 2.04 bits per heavy atom. The van der Waals surface area contributed by atoms with Crippen LogP contribution in [0.15, 0.2) is 84.9 Å². The molecule has 0 saturated carbocycles. The van der Waals surface area contributed by atoms with Gasteiger partial charge in [0.2, 0.25) is 11.4 Å². The van der Waals surface area contributed by atoms with Crippen molar-refractivity contribution in [1.29, 1.82) is 0 Å². The first-order valence-electron chi connectivity index (χ1n) is 7.47. The van der Waals surface area contributed by atoms with E-state index in [9.17, 15) is 5.11 Å². The maximum atomic E-state index is 13.1. The molecule has 1 aromatic heterocycles. The fourth-order valence-corrected chi connectivity index (χ4v) is 2.74. The summed E-state index contributed by atoms with van der Waals surface area (Å²) >= 11 is 0. The number of hydrogen-bond donors (Lipinski definition) is 0. The van der Waals surface area contributed by atoms with Crippen LogP contribution in [0.2, 0.25) is 0 Å². The summed E-state index contributed by atoms with van der Waals surface area (Å²) in [5.41, 5.74) is 3.00. The fourth-order valence-electron chi connectivity index (χ4n) is 2.74. The van der Waals surface area contributed by atoms with Crippen LogP contribution in [0, 0.1) is 0 Å². The second-order valence-electron chi connectivity index (χ2n) is 5.31. The summed E-state index contributed by atoms with van der Waals surface area (Å²) in [6, 6.07) is 26.9. The molecule has 110 valence electrons. The predicted molar refractivity (Wildman–Crippen MR) is 88.2 cm³/mol. The summed E-state index contributed by atoms with van der Waals surface area (Å²) in [7, 11) is 0. The van der Waals surface area contributed by atoms with Crippen LogP contribution in [0.3, 0.4) is 0 Å². The van der Waals surface area contributed by atoms with E-state index >= 15 is 0 Å². The van der Waals surface area contributed by atoms with Gasteiger partial charge in [0.05, 0.1) is 0 Å². The molecule has 4 rings (SSSR count). The molecule has 0 bridgehead atoms. The zero-order valence-electron chi connectivity index (χ0n) is 12.4. The van der Waals surface area contributed by atoms with Crippen molar-refractivity contribution in [2.24, 2.45) is 0 Å². The van der Waals surface area contributed by atoms with Crippen LogP contribution in [0.1, 0.15) is 0 Å². The highest BCUT2D eigenvalue weighted by atomic mass is 16.3. The molecule has 23 heavy (non-hydrogen) atoms. The van der Waals surface area contributed by atoms with Gasteiger partial charge in [-0.3, -0.25) is 0 Å². The van der Waals surface area contributed by atoms with E-state index < -0.39 is 0 Å². The zero-order chi connectivity index (χ0) is 15.6. The third-order valence-corrected chi connectivity index (χ3v) is 3.83. The fraction of sp³-hybridized carbons (Fsp3) is 0. The van der Waals surface area contributed by atoms with E-state index in [1.807, 2.05) is 84.9 Å². The van der Waals surface area contributed by atoms with Crippen LogP contribution in [-0.2, 0) is 0 Å². The van der Waals surface area contributed by atoms with Crippen molar-refractivity contribution < 1.29 is 9.79 Å². The first kappa shape index (κ1) is 13.5. The van der Waals surface area contributed by atoms with Gasteiger partial charge in [-0.15, -0.1) is 0 Å². The summed E-state index contributed by atoms with van der Waals surface area (Å²) in [5.74, 6) is -0.00865. The number of hydrogen-bond acceptors (Lipinski definition) is 2.